The molecule has 2 aromatic heterocycles. The van der Waals surface area contributed by atoms with Crippen LogP contribution in [0.3, 0.4) is 0 Å². The summed E-state index contributed by atoms with van der Waals surface area (Å²) in [6, 6.07) is -1.72. The molecule has 1 amide bonds. The van der Waals surface area contributed by atoms with Crippen molar-refractivity contribution in [3.8, 4) is 0 Å². The summed E-state index contributed by atoms with van der Waals surface area (Å²) < 4.78 is 57.6. The Labute approximate surface area is 186 Å². The van der Waals surface area contributed by atoms with E-state index in [0.717, 1.165) is 18.2 Å². The van der Waals surface area contributed by atoms with Gasteiger partial charge in [-0.1, -0.05) is 5.21 Å². The second-order valence-electron chi connectivity index (χ2n) is 7.61. The highest BCUT2D eigenvalue weighted by atomic mass is 19.4. The number of hydrogen-bond acceptors (Lipinski definition) is 9. The van der Waals surface area contributed by atoms with Crippen LogP contribution in [0.4, 0.5) is 13.2 Å². The molecule has 0 aliphatic carbocycles. The molecule has 1 N–H and O–H groups in total. The summed E-state index contributed by atoms with van der Waals surface area (Å²) in [6.45, 7) is 3.70. The normalized spacial score (nSPS) is 20.6. The largest absolute Gasteiger partial charge is 0.467 e. The third kappa shape index (κ3) is 5.00. The molecule has 3 rings (SSSR count). The maximum absolute atomic E-state index is 13.8. The fourth-order valence-corrected chi connectivity index (χ4v) is 3.57. The van der Waals surface area contributed by atoms with Crippen LogP contribution >= 0.6 is 0 Å². The molecular weight excluding hydrogens is 451 g/mol. The van der Waals surface area contributed by atoms with E-state index in [-0.39, 0.29) is 25.3 Å². The number of esters is 1. The average molecular weight is 475 g/mol. The molecule has 33 heavy (non-hydrogen) atoms. The van der Waals surface area contributed by atoms with Gasteiger partial charge in [0.2, 0.25) is 17.4 Å². The SMILES string of the molecule is CCOCc1cn([C@@H]2C[C@H](C(=O)OC)N(C(=O)CC(O)(c3ncc(C)o3)C(F)(F)F)C2)nn1. The number of aliphatic hydroxyl groups is 1. The molecule has 1 aliphatic rings. The maximum Gasteiger partial charge on any atom is 0.426 e. The maximum atomic E-state index is 13.8. The Morgan fingerprint density at radius 1 is 1.36 bits per heavy atom. The van der Waals surface area contributed by atoms with Crippen LogP contribution in [0.25, 0.3) is 0 Å². The molecule has 1 fully saturated rings. The van der Waals surface area contributed by atoms with E-state index in [0.29, 0.717) is 12.3 Å². The van der Waals surface area contributed by atoms with E-state index in [1.807, 2.05) is 6.92 Å². The van der Waals surface area contributed by atoms with Crippen LogP contribution < -0.4 is 0 Å². The molecule has 0 radical (unpaired) electrons. The first-order chi connectivity index (χ1) is 15.5. The van der Waals surface area contributed by atoms with Crippen LogP contribution in [0.1, 0.15) is 43.2 Å². The number of rotatable bonds is 8. The first-order valence-corrected chi connectivity index (χ1v) is 10.1. The molecule has 182 valence electrons. The minimum atomic E-state index is -5.26. The Morgan fingerprint density at radius 3 is 2.67 bits per heavy atom. The Balaban J connectivity index is 1.84. The topological polar surface area (TPSA) is 133 Å². The first kappa shape index (κ1) is 24.6. The lowest BCUT2D eigenvalue weighted by atomic mass is 9.97. The van der Waals surface area contributed by atoms with Crippen LogP contribution in [0.5, 0.6) is 0 Å². The van der Waals surface area contributed by atoms with Crippen LogP contribution in [0, 0.1) is 6.92 Å². The third-order valence-electron chi connectivity index (χ3n) is 5.31. The van der Waals surface area contributed by atoms with Crippen molar-refractivity contribution in [3.63, 3.8) is 0 Å². The van der Waals surface area contributed by atoms with Crippen molar-refractivity contribution in [3.05, 3.63) is 29.7 Å². The van der Waals surface area contributed by atoms with Gasteiger partial charge in [-0.3, -0.25) is 4.79 Å². The summed E-state index contributed by atoms with van der Waals surface area (Å²) >= 11 is 0. The molecule has 1 unspecified atom stereocenters. The number of likely N-dealkylation sites (tertiary alicyclic amines) is 1. The number of aryl methyl sites for hydroxylation is 1. The fourth-order valence-electron chi connectivity index (χ4n) is 3.57. The highest BCUT2D eigenvalue weighted by Gasteiger charge is 2.60. The molecular formula is C19H24F3N5O6. The van der Waals surface area contributed by atoms with Gasteiger partial charge in [-0.2, -0.15) is 13.2 Å². The van der Waals surface area contributed by atoms with Gasteiger partial charge in [0, 0.05) is 19.6 Å². The molecule has 1 aliphatic heterocycles. The van der Waals surface area contributed by atoms with Crippen LogP contribution in [0.2, 0.25) is 0 Å². The minimum absolute atomic E-state index is 0.0304. The second-order valence-corrected chi connectivity index (χ2v) is 7.61. The summed E-state index contributed by atoms with van der Waals surface area (Å²) in [7, 11) is 1.11. The lowest BCUT2D eigenvalue weighted by molar-refractivity contribution is -0.276. The van der Waals surface area contributed by atoms with E-state index in [4.69, 9.17) is 13.9 Å². The Morgan fingerprint density at radius 2 is 2.09 bits per heavy atom. The third-order valence-corrected chi connectivity index (χ3v) is 5.31. The van der Waals surface area contributed by atoms with Gasteiger partial charge in [-0.25, -0.2) is 14.5 Å². The number of aromatic nitrogens is 4. The van der Waals surface area contributed by atoms with Crippen molar-refractivity contribution in [1.29, 1.82) is 0 Å². The lowest BCUT2D eigenvalue weighted by Crippen LogP contribution is -2.49. The Kier molecular flexibility index (Phi) is 7.07. The van der Waals surface area contributed by atoms with Crippen molar-refractivity contribution in [1.82, 2.24) is 24.9 Å². The van der Waals surface area contributed by atoms with Gasteiger partial charge in [0.15, 0.2) is 0 Å². The van der Waals surface area contributed by atoms with E-state index in [1.54, 1.807) is 6.20 Å². The number of halogens is 3. The Bertz CT molecular complexity index is 993. The van der Waals surface area contributed by atoms with E-state index < -0.39 is 48.0 Å². The summed E-state index contributed by atoms with van der Waals surface area (Å²) in [6.07, 6.45) is -4.07. The lowest BCUT2D eigenvalue weighted by Gasteiger charge is -2.30. The van der Waals surface area contributed by atoms with Crippen LogP contribution in [-0.4, -0.2) is 74.3 Å². The number of hydrogen-bond donors (Lipinski definition) is 1. The smallest absolute Gasteiger partial charge is 0.426 e. The quantitative estimate of drug-likeness (QED) is 0.560. The molecule has 0 spiro atoms. The van der Waals surface area contributed by atoms with Gasteiger partial charge in [-0.15, -0.1) is 5.10 Å². The summed E-state index contributed by atoms with van der Waals surface area (Å²) in [4.78, 5) is 29.7. The standard InChI is InChI=1S/C19H24F3N5O6/c1-4-32-10-12-8-27(25-24-12)13-5-14(16(29)31-3)26(9-13)15(28)6-18(30,19(20,21)22)17-23-7-11(2)33-17/h7-8,13-14,30H,4-6,9-10H2,1-3H3/t13-,14-,18?/m1/s1. The zero-order chi connectivity index (χ0) is 24.4. The van der Waals surface area contributed by atoms with Crippen molar-refractivity contribution in [2.45, 2.75) is 57.2 Å². The highest BCUT2D eigenvalue weighted by Crippen LogP contribution is 2.42. The molecule has 3 heterocycles. The molecule has 0 bridgehead atoms. The first-order valence-electron chi connectivity index (χ1n) is 10.1. The monoisotopic (exact) mass is 475 g/mol. The molecule has 14 heteroatoms. The number of amides is 1. The second kappa shape index (κ2) is 9.47. The summed E-state index contributed by atoms with van der Waals surface area (Å²) in [5.74, 6) is -2.95. The summed E-state index contributed by atoms with van der Waals surface area (Å²) in [5, 5.41) is 18.3. The number of nitrogens with zero attached hydrogens (tertiary/aromatic N) is 5. The molecule has 3 atom stereocenters. The molecule has 0 saturated carbocycles. The molecule has 2 aromatic rings. The van der Waals surface area contributed by atoms with Gasteiger partial charge in [0.05, 0.1) is 38.6 Å². The van der Waals surface area contributed by atoms with Crippen molar-refractivity contribution < 1.29 is 41.8 Å². The predicted octanol–water partition coefficient (Wildman–Crippen LogP) is 1.27. The summed E-state index contributed by atoms with van der Waals surface area (Å²) in [5.41, 5.74) is -3.16. The minimum Gasteiger partial charge on any atom is -0.467 e. The predicted molar refractivity (Wildman–Crippen MR) is 102 cm³/mol. The number of methoxy groups -OCH3 is 1. The van der Waals surface area contributed by atoms with E-state index in [1.165, 1.54) is 11.6 Å². The number of carbonyl (C=O) groups is 2. The van der Waals surface area contributed by atoms with Gasteiger partial charge in [0.1, 0.15) is 17.5 Å². The number of carbonyl (C=O) groups excluding carboxylic acids is 2. The van der Waals surface area contributed by atoms with Crippen LogP contribution in [0.15, 0.2) is 16.8 Å². The Hall–Kier alpha value is -3.00. The number of oxazole rings is 1. The number of alkyl halides is 3. The molecule has 1 saturated heterocycles. The van der Waals surface area contributed by atoms with Crippen molar-refractivity contribution in [2.75, 3.05) is 20.3 Å². The molecule has 11 nitrogen and oxygen atoms in total. The fraction of sp³-hybridized carbons (Fsp3) is 0.632. The highest BCUT2D eigenvalue weighted by molar-refractivity contribution is 5.86. The molecule has 0 aromatic carbocycles. The van der Waals surface area contributed by atoms with Gasteiger partial charge < -0.3 is 23.9 Å². The van der Waals surface area contributed by atoms with Gasteiger partial charge in [0.25, 0.3) is 0 Å². The zero-order valence-electron chi connectivity index (χ0n) is 18.2. The number of ether oxygens (including phenoxy) is 2. The van der Waals surface area contributed by atoms with Crippen molar-refractivity contribution in [2.24, 2.45) is 0 Å². The van der Waals surface area contributed by atoms with E-state index in [2.05, 4.69) is 15.3 Å². The van der Waals surface area contributed by atoms with E-state index in [9.17, 15) is 27.9 Å². The van der Waals surface area contributed by atoms with Crippen LogP contribution in [-0.2, 0) is 31.3 Å². The average Bonchev–Trinajstić information content (AvgIpc) is 3.49. The van der Waals surface area contributed by atoms with Gasteiger partial charge in [-0.05, 0) is 13.8 Å². The van der Waals surface area contributed by atoms with E-state index >= 15 is 0 Å². The van der Waals surface area contributed by atoms with Gasteiger partial charge >= 0.3 is 12.1 Å². The van der Waals surface area contributed by atoms with Crippen molar-refractivity contribution >= 4 is 11.9 Å². The zero-order valence-corrected chi connectivity index (χ0v) is 18.2.